The standard InChI is InChI=1S/C22H30N4S.C7H13N.C2H6/c1-5-22(14-20-7-6-11-25-16-20)26(27(3,4)12-10-23)17-21-13-19(15-24)9-8-18(21)2;1-4-7(3)6-8-5-2;1-2/h6-9,11,13,16,22H,3-5,10,12,14,17,23H2,1-2H3;5-6H,4H2,1-3H3;1-2H3/b;7-6+,8-5?;/t22-;;/m0../s1. The minimum Gasteiger partial charge on any atom is -0.330 e. The molecule has 0 fully saturated rings. The number of rotatable bonds is 11. The Labute approximate surface area is 227 Å². The van der Waals surface area contributed by atoms with Gasteiger partial charge in [-0.05, 0) is 74.9 Å². The van der Waals surface area contributed by atoms with Crippen LogP contribution >= 0.6 is 9.39 Å². The number of aliphatic imine (C=N–C) groups is 1. The molecule has 0 bridgehead atoms. The van der Waals surface area contributed by atoms with Crippen LogP contribution in [0.5, 0.6) is 0 Å². The lowest BCUT2D eigenvalue weighted by atomic mass is 10.0. The van der Waals surface area contributed by atoms with Crippen molar-refractivity contribution in [2.45, 2.75) is 80.3 Å². The summed E-state index contributed by atoms with van der Waals surface area (Å²) in [7, 11) is -1.53. The summed E-state index contributed by atoms with van der Waals surface area (Å²) in [4.78, 5) is 8.21. The molecule has 2 N–H and O–H groups in total. The molecular weight excluding hydrogens is 474 g/mol. The molecular formula is C31H49N5S. The fourth-order valence-electron chi connectivity index (χ4n) is 3.53. The Morgan fingerprint density at radius 2 is 1.97 bits per heavy atom. The lowest BCUT2D eigenvalue weighted by molar-refractivity contribution is 0.331. The fourth-order valence-corrected chi connectivity index (χ4v) is 5.47. The van der Waals surface area contributed by atoms with Crippen LogP contribution in [0.2, 0.25) is 0 Å². The second-order valence-electron chi connectivity index (χ2n) is 8.68. The monoisotopic (exact) mass is 523 g/mol. The average molecular weight is 524 g/mol. The SMILES string of the molecule is C=S(=C)(CCN)N(Cc1cc(C#N)ccc1C)[C@@H](CC)Cc1cccnc1.CC.CC=N/C=C(\C)CC. The van der Waals surface area contributed by atoms with E-state index in [2.05, 4.69) is 65.9 Å². The second kappa shape index (κ2) is 19.4. The third-order valence-corrected chi connectivity index (χ3v) is 8.29. The minimum atomic E-state index is -1.53. The molecule has 1 aromatic heterocycles. The van der Waals surface area contributed by atoms with Crippen molar-refractivity contribution in [1.29, 1.82) is 5.26 Å². The van der Waals surface area contributed by atoms with Gasteiger partial charge in [-0.1, -0.05) is 57.1 Å². The average Bonchev–Trinajstić information content (AvgIpc) is 2.92. The van der Waals surface area contributed by atoms with Crippen LogP contribution in [0.4, 0.5) is 0 Å². The van der Waals surface area contributed by atoms with E-state index in [1.165, 1.54) is 16.7 Å². The van der Waals surface area contributed by atoms with E-state index in [4.69, 9.17) is 5.73 Å². The van der Waals surface area contributed by atoms with Gasteiger partial charge in [0.15, 0.2) is 0 Å². The summed E-state index contributed by atoms with van der Waals surface area (Å²) in [5, 5.41) is 9.27. The van der Waals surface area contributed by atoms with E-state index < -0.39 is 9.39 Å². The molecule has 0 aliphatic carbocycles. The molecule has 5 nitrogen and oxygen atoms in total. The molecule has 1 heterocycles. The number of aryl methyl sites for hydroxylation is 1. The lowest BCUT2D eigenvalue weighted by Gasteiger charge is -2.38. The number of aromatic nitrogens is 1. The van der Waals surface area contributed by atoms with Crippen LogP contribution in [0.1, 0.15) is 76.6 Å². The number of nitrogens with two attached hydrogens (primary N) is 1. The molecule has 2 aromatic rings. The van der Waals surface area contributed by atoms with Crippen molar-refractivity contribution in [3.8, 4) is 6.07 Å². The highest BCUT2D eigenvalue weighted by Gasteiger charge is 2.22. The van der Waals surface area contributed by atoms with E-state index in [1.54, 1.807) is 12.4 Å². The van der Waals surface area contributed by atoms with Crippen LogP contribution in [-0.4, -0.2) is 45.6 Å². The number of hydrogen-bond acceptors (Lipinski definition) is 5. The molecule has 37 heavy (non-hydrogen) atoms. The summed E-state index contributed by atoms with van der Waals surface area (Å²) < 4.78 is 2.43. The topological polar surface area (TPSA) is 78.3 Å². The predicted molar refractivity (Wildman–Crippen MR) is 169 cm³/mol. The van der Waals surface area contributed by atoms with Crippen molar-refractivity contribution in [3.63, 3.8) is 0 Å². The molecule has 0 aliphatic heterocycles. The summed E-state index contributed by atoms with van der Waals surface area (Å²) in [5.74, 6) is 9.74. The van der Waals surface area contributed by atoms with E-state index in [-0.39, 0.29) is 6.04 Å². The van der Waals surface area contributed by atoms with Gasteiger partial charge in [-0.25, -0.2) is 0 Å². The van der Waals surface area contributed by atoms with Gasteiger partial charge in [0.05, 0.1) is 11.6 Å². The number of benzene rings is 1. The number of nitrogens with zero attached hydrogens (tertiary/aromatic N) is 4. The molecule has 0 saturated heterocycles. The van der Waals surface area contributed by atoms with Crippen molar-refractivity contribution in [3.05, 3.63) is 76.8 Å². The molecule has 0 aliphatic rings. The lowest BCUT2D eigenvalue weighted by Crippen LogP contribution is -2.35. The van der Waals surface area contributed by atoms with Crippen LogP contribution in [0.25, 0.3) is 0 Å². The number of nitriles is 1. The van der Waals surface area contributed by atoms with Crippen LogP contribution in [-0.2, 0) is 13.0 Å². The minimum absolute atomic E-state index is 0.288. The van der Waals surface area contributed by atoms with Gasteiger partial charge < -0.3 is 5.73 Å². The third-order valence-electron chi connectivity index (χ3n) is 5.87. The summed E-state index contributed by atoms with van der Waals surface area (Å²) in [6, 6.07) is 12.5. The van der Waals surface area contributed by atoms with Gasteiger partial charge in [0.25, 0.3) is 0 Å². The number of pyridine rings is 1. The zero-order valence-electron chi connectivity index (χ0n) is 24.2. The van der Waals surface area contributed by atoms with Crippen molar-refractivity contribution in [2.24, 2.45) is 10.7 Å². The third kappa shape index (κ3) is 12.9. The first-order chi connectivity index (χ1) is 17.7. The van der Waals surface area contributed by atoms with Gasteiger partial charge >= 0.3 is 0 Å². The van der Waals surface area contributed by atoms with Gasteiger partial charge in [-0.2, -0.15) is 14.7 Å². The predicted octanol–water partition coefficient (Wildman–Crippen LogP) is 7.04. The largest absolute Gasteiger partial charge is 0.330 e. The molecule has 1 aromatic carbocycles. The number of allylic oxidation sites excluding steroid dienone is 1. The van der Waals surface area contributed by atoms with Gasteiger partial charge in [0.2, 0.25) is 0 Å². The first-order valence-electron chi connectivity index (χ1n) is 13.2. The summed E-state index contributed by atoms with van der Waals surface area (Å²) >= 11 is 0. The Morgan fingerprint density at radius 1 is 1.27 bits per heavy atom. The quantitative estimate of drug-likeness (QED) is 0.253. The van der Waals surface area contributed by atoms with Crippen LogP contribution in [0.15, 0.2) is 59.5 Å². The van der Waals surface area contributed by atoms with Gasteiger partial charge in [-0.3, -0.25) is 14.3 Å². The van der Waals surface area contributed by atoms with Crippen LogP contribution in [0.3, 0.4) is 0 Å². The molecule has 6 heteroatoms. The highest BCUT2D eigenvalue weighted by atomic mass is 32.2. The van der Waals surface area contributed by atoms with Crippen LogP contribution < -0.4 is 5.73 Å². The van der Waals surface area contributed by atoms with Gasteiger partial charge in [0, 0.05) is 49.7 Å². The molecule has 2 rings (SSSR count). The second-order valence-corrected chi connectivity index (χ2v) is 11.6. The molecule has 0 radical (unpaired) electrons. The van der Waals surface area contributed by atoms with E-state index in [0.717, 1.165) is 37.1 Å². The molecule has 204 valence electrons. The highest BCUT2D eigenvalue weighted by Crippen LogP contribution is 2.33. The Kier molecular flexibility index (Phi) is 18.0. The number of hydrogen-bond donors (Lipinski definition) is 1. The smallest absolute Gasteiger partial charge is 0.0991 e. The van der Waals surface area contributed by atoms with Gasteiger partial charge in [-0.15, -0.1) is 0 Å². The zero-order valence-corrected chi connectivity index (χ0v) is 25.0. The Morgan fingerprint density at radius 3 is 2.49 bits per heavy atom. The summed E-state index contributed by atoms with van der Waals surface area (Å²) in [6.07, 6.45) is 10.4. The summed E-state index contributed by atoms with van der Waals surface area (Å²) in [6.45, 7) is 15.7. The molecule has 0 amide bonds. The molecule has 1 atom stereocenters. The maximum Gasteiger partial charge on any atom is 0.0991 e. The highest BCUT2D eigenvalue weighted by molar-refractivity contribution is 8.25. The zero-order chi connectivity index (χ0) is 28.3. The molecule has 0 saturated carbocycles. The Bertz CT molecular complexity index is 1100. The normalized spacial score (nSPS) is 12.3. The van der Waals surface area contributed by atoms with E-state index >= 15 is 0 Å². The molecule has 0 spiro atoms. The maximum atomic E-state index is 9.27. The molecule has 0 unspecified atom stereocenters. The van der Waals surface area contributed by atoms with E-state index in [9.17, 15) is 5.26 Å². The first kappa shape index (κ1) is 34.3. The van der Waals surface area contributed by atoms with Crippen molar-refractivity contribution < 1.29 is 0 Å². The van der Waals surface area contributed by atoms with E-state index in [0.29, 0.717) is 12.1 Å². The Balaban J connectivity index is 0.00000111. The first-order valence-corrected chi connectivity index (χ1v) is 15.3. The Hall–Kier alpha value is -2.72. The maximum absolute atomic E-state index is 9.27. The van der Waals surface area contributed by atoms with Crippen molar-refractivity contribution >= 4 is 27.3 Å². The summed E-state index contributed by atoms with van der Waals surface area (Å²) in [5.41, 5.74) is 11.4. The van der Waals surface area contributed by atoms with Crippen LogP contribution in [0, 0.1) is 18.3 Å². The van der Waals surface area contributed by atoms with Gasteiger partial charge in [0.1, 0.15) is 0 Å². The van der Waals surface area contributed by atoms with E-state index in [1.807, 2.05) is 57.4 Å². The fraction of sp³-hybridized carbons (Fsp3) is 0.452. The van der Waals surface area contributed by atoms with Crippen molar-refractivity contribution in [1.82, 2.24) is 9.29 Å². The van der Waals surface area contributed by atoms with Crippen molar-refractivity contribution in [2.75, 3.05) is 12.3 Å².